The summed E-state index contributed by atoms with van der Waals surface area (Å²) in [6, 6.07) is 2.46. The van der Waals surface area contributed by atoms with Crippen molar-refractivity contribution in [1.29, 1.82) is 0 Å². The van der Waals surface area contributed by atoms with E-state index in [1.165, 1.54) is 12.4 Å². The van der Waals surface area contributed by atoms with Gasteiger partial charge in [0.2, 0.25) is 10.0 Å². The number of hydrogen-bond donors (Lipinski definition) is 2. The van der Waals surface area contributed by atoms with E-state index >= 15 is 0 Å². The van der Waals surface area contributed by atoms with Crippen molar-refractivity contribution in [2.24, 2.45) is 5.14 Å². The molecule has 122 valence electrons. The molecule has 1 aromatic heterocycles. The first-order chi connectivity index (χ1) is 10.8. The zero-order chi connectivity index (χ0) is 17.0. The molecule has 2 aromatic rings. The Morgan fingerprint density at radius 2 is 2.13 bits per heavy atom. The summed E-state index contributed by atoms with van der Waals surface area (Å²) in [6.45, 7) is 1.72. The van der Waals surface area contributed by atoms with Gasteiger partial charge in [0.15, 0.2) is 0 Å². The highest BCUT2D eigenvalue weighted by molar-refractivity contribution is 7.89. The smallest absolute Gasteiger partial charge is 0.254 e. The largest absolute Gasteiger partial charge is 0.349 e. The van der Waals surface area contributed by atoms with E-state index in [0.717, 1.165) is 18.2 Å². The van der Waals surface area contributed by atoms with Crippen LogP contribution in [0.5, 0.6) is 0 Å². The minimum absolute atomic E-state index is 0.328. The van der Waals surface area contributed by atoms with Gasteiger partial charge in [-0.05, 0) is 25.1 Å². The van der Waals surface area contributed by atoms with E-state index in [9.17, 15) is 17.6 Å². The third-order valence-corrected chi connectivity index (χ3v) is 3.93. The van der Waals surface area contributed by atoms with Gasteiger partial charge in [-0.3, -0.25) is 14.8 Å². The number of carbonyl (C=O) groups excluding carboxylic acids is 1. The SMILES string of the molecule is C[C@H](Cc1cnccn1)NC(=O)c1cc(S(N)(=O)=O)ccc1F. The molecule has 0 aliphatic rings. The molecule has 1 amide bonds. The van der Waals surface area contributed by atoms with Crippen molar-refractivity contribution < 1.29 is 17.6 Å². The molecule has 9 heteroatoms. The molecule has 7 nitrogen and oxygen atoms in total. The second-order valence-electron chi connectivity index (χ2n) is 4.96. The van der Waals surface area contributed by atoms with Gasteiger partial charge in [0.1, 0.15) is 5.82 Å². The van der Waals surface area contributed by atoms with Gasteiger partial charge < -0.3 is 5.32 Å². The van der Waals surface area contributed by atoms with Gasteiger partial charge in [0, 0.05) is 31.1 Å². The minimum atomic E-state index is -4.02. The molecule has 1 atom stereocenters. The van der Waals surface area contributed by atoms with Crippen LogP contribution in [0, 0.1) is 5.82 Å². The second-order valence-corrected chi connectivity index (χ2v) is 6.52. The van der Waals surface area contributed by atoms with Crippen molar-refractivity contribution in [2.75, 3.05) is 0 Å². The Bertz CT molecular complexity index is 812. The predicted molar refractivity (Wildman–Crippen MR) is 80.4 cm³/mol. The Hall–Kier alpha value is -2.39. The monoisotopic (exact) mass is 338 g/mol. The van der Waals surface area contributed by atoms with Crippen LogP contribution in [0.2, 0.25) is 0 Å². The van der Waals surface area contributed by atoms with E-state index in [1.807, 2.05) is 0 Å². The molecule has 0 radical (unpaired) electrons. The molecule has 0 spiro atoms. The maximum atomic E-state index is 13.8. The molecule has 2 rings (SSSR count). The highest BCUT2D eigenvalue weighted by atomic mass is 32.2. The summed E-state index contributed by atoms with van der Waals surface area (Å²) >= 11 is 0. The van der Waals surface area contributed by atoms with Crippen LogP contribution >= 0.6 is 0 Å². The summed E-state index contributed by atoms with van der Waals surface area (Å²) in [6.07, 6.45) is 5.01. The van der Waals surface area contributed by atoms with Crippen LogP contribution in [0.4, 0.5) is 4.39 Å². The van der Waals surface area contributed by atoms with Gasteiger partial charge in [0.05, 0.1) is 16.2 Å². The molecule has 0 aliphatic carbocycles. The summed E-state index contributed by atoms with van der Waals surface area (Å²) in [5.74, 6) is -1.56. The van der Waals surface area contributed by atoms with Crippen LogP contribution in [-0.2, 0) is 16.4 Å². The Morgan fingerprint density at radius 3 is 2.74 bits per heavy atom. The maximum Gasteiger partial charge on any atom is 0.254 e. The fourth-order valence-corrected chi connectivity index (χ4v) is 2.50. The van der Waals surface area contributed by atoms with Crippen LogP contribution in [0.25, 0.3) is 0 Å². The number of carbonyl (C=O) groups is 1. The second kappa shape index (κ2) is 6.80. The lowest BCUT2D eigenvalue weighted by Gasteiger charge is -2.14. The van der Waals surface area contributed by atoms with E-state index in [4.69, 9.17) is 5.14 Å². The molecule has 3 N–H and O–H groups in total. The molecular weight excluding hydrogens is 323 g/mol. The first-order valence-corrected chi connectivity index (χ1v) is 8.20. The predicted octanol–water partition coefficient (Wildman–Crippen LogP) is 0.624. The molecule has 23 heavy (non-hydrogen) atoms. The van der Waals surface area contributed by atoms with Crippen molar-refractivity contribution in [1.82, 2.24) is 15.3 Å². The van der Waals surface area contributed by atoms with Crippen molar-refractivity contribution in [3.05, 3.63) is 53.9 Å². The average Bonchev–Trinajstić information content (AvgIpc) is 2.47. The Labute approximate surface area is 132 Å². The first kappa shape index (κ1) is 17.0. The fraction of sp³-hybridized carbons (Fsp3) is 0.214. The number of sulfonamides is 1. The number of amides is 1. The van der Waals surface area contributed by atoms with Gasteiger partial charge in [0.25, 0.3) is 5.91 Å². The van der Waals surface area contributed by atoms with Gasteiger partial charge in [-0.1, -0.05) is 0 Å². The minimum Gasteiger partial charge on any atom is -0.349 e. The van der Waals surface area contributed by atoms with E-state index in [1.54, 1.807) is 13.1 Å². The molecule has 0 unspecified atom stereocenters. The quantitative estimate of drug-likeness (QED) is 0.829. The standard InChI is InChI=1S/C14H15FN4O3S/c1-9(6-10-8-17-4-5-18-10)19-14(20)12-7-11(23(16,21)22)2-3-13(12)15/h2-5,7-9H,6H2,1H3,(H,19,20)(H2,16,21,22)/t9-/m1/s1. The van der Waals surface area contributed by atoms with Crippen molar-refractivity contribution in [2.45, 2.75) is 24.3 Å². The summed E-state index contributed by atoms with van der Waals surface area (Å²) in [4.78, 5) is 19.8. The molecular formula is C14H15FN4O3S. The molecule has 1 aromatic carbocycles. The number of halogens is 1. The maximum absolute atomic E-state index is 13.8. The van der Waals surface area contributed by atoms with Crippen LogP contribution < -0.4 is 10.5 Å². The Kier molecular flexibility index (Phi) is 5.02. The lowest BCUT2D eigenvalue weighted by Crippen LogP contribution is -2.35. The number of rotatable bonds is 5. The Balaban J connectivity index is 2.14. The van der Waals surface area contributed by atoms with Crippen LogP contribution in [-0.4, -0.2) is 30.3 Å². The summed E-state index contributed by atoms with van der Waals surface area (Å²) in [5, 5.41) is 7.56. The van der Waals surface area contributed by atoms with E-state index in [-0.39, 0.29) is 16.5 Å². The van der Waals surface area contributed by atoms with Crippen molar-refractivity contribution in [3.63, 3.8) is 0 Å². The highest BCUT2D eigenvalue weighted by Crippen LogP contribution is 2.14. The molecule has 0 bridgehead atoms. The number of nitrogens with zero attached hydrogens (tertiary/aromatic N) is 2. The van der Waals surface area contributed by atoms with E-state index in [2.05, 4.69) is 15.3 Å². The van der Waals surface area contributed by atoms with Gasteiger partial charge >= 0.3 is 0 Å². The normalized spacial score (nSPS) is 12.7. The van der Waals surface area contributed by atoms with Crippen LogP contribution in [0.1, 0.15) is 23.0 Å². The number of nitrogens with one attached hydrogen (secondary N) is 1. The fourth-order valence-electron chi connectivity index (χ4n) is 1.96. The molecule has 0 saturated carbocycles. The Morgan fingerprint density at radius 1 is 1.39 bits per heavy atom. The van der Waals surface area contributed by atoms with Crippen molar-refractivity contribution in [3.8, 4) is 0 Å². The lowest BCUT2D eigenvalue weighted by atomic mass is 10.1. The first-order valence-electron chi connectivity index (χ1n) is 6.65. The summed E-state index contributed by atoms with van der Waals surface area (Å²) < 4.78 is 36.3. The zero-order valence-electron chi connectivity index (χ0n) is 12.2. The molecule has 0 aliphatic heterocycles. The van der Waals surface area contributed by atoms with E-state index < -0.39 is 21.7 Å². The third-order valence-electron chi connectivity index (χ3n) is 3.02. The van der Waals surface area contributed by atoms with Gasteiger partial charge in [-0.15, -0.1) is 0 Å². The van der Waals surface area contributed by atoms with Crippen LogP contribution in [0.15, 0.2) is 41.7 Å². The number of benzene rings is 1. The number of hydrogen-bond acceptors (Lipinski definition) is 5. The number of aromatic nitrogens is 2. The molecule has 0 fully saturated rings. The number of nitrogens with two attached hydrogens (primary N) is 1. The summed E-state index contributed by atoms with van der Waals surface area (Å²) in [7, 11) is -4.02. The topological polar surface area (TPSA) is 115 Å². The zero-order valence-corrected chi connectivity index (χ0v) is 13.0. The van der Waals surface area contributed by atoms with Crippen molar-refractivity contribution >= 4 is 15.9 Å². The summed E-state index contributed by atoms with van der Waals surface area (Å²) in [5.41, 5.74) is 0.279. The van der Waals surface area contributed by atoms with Gasteiger partial charge in [-0.25, -0.2) is 17.9 Å². The lowest BCUT2D eigenvalue weighted by molar-refractivity contribution is 0.0935. The number of primary sulfonamides is 1. The highest BCUT2D eigenvalue weighted by Gasteiger charge is 2.18. The van der Waals surface area contributed by atoms with Crippen LogP contribution in [0.3, 0.4) is 0 Å². The third kappa shape index (κ3) is 4.54. The molecule has 0 saturated heterocycles. The van der Waals surface area contributed by atoms with E-state index in [0.29, 0.717) is 12.1 Å². The van der Waals surface area contributed by atoms with Gasteiger partial charge in [-0.2, -0.15) is 0 Å². The molecule has 1 heterocycles. The average molecular weight is 338 g/mol.